The quantitative estimate of drug-likeness (QED) is 0.683. The lowest BCUT2D eigenvalue weighted by Crippen LogP contribution is -1.89. The van der Waals surface area contributed by atoms with E-state index in [2.05, 4.69) is 15.0 Å². The zero-order valence-electron chi connectivity index (χ0n) is 8.23. The number of pyridine rings is 1. The first-order chi connectivity index (χ1) is 6.75. The van der Waals surface area contributed by atoms with Gasteiger partial charge in [0, 0.05) is 23.1 Å². The average Bonchev–Trinajstić information content (AvgIpc) is 2.18. The van der Waals surface area contributed by atoms with Crippen LogP contribution in [-0.2, 0) is 0 Å². The van der Waals surface area contributed by atoms with Gasteiger partial charge in [-0.15, -0.1) is 0 Å². The fraction of sp³-hybridized carbons (Fsp3) is 0.182. The number of aryl methyl sites for hydroxylation is 2. The van der Waals surface area contributed by atoms with E-state index in [1.54, 1.807) is 12.5 Å². The van der Waals surface area contributed by atoms with Crippen LogP contribution in [-0.4, -0.2) is 15.0 Å². The van der Waals surface area contributed by atoms with E-state index in [1.807, 2.05) is 32.0 Å². The van der Waals surface area contributed by atoms with Gasteiger partial charge in [0.05, 0.1) is 5.69 Å². The van der Waals surface area contributed by atoms with Gasteiger partial charge < -0.3 is 0 Å². The van der Waals surface area contributed by atoms with Crippen LogP contribution in [0.5, 0.6) is 0 Å². The van der Waals surface area contributed by atoms with Crippen LogP contribution >= 0.6 is 0 Å². The van der Waals surface area contributed by atoms with Gasteiger partial charge in [-0.05, 0) is 32.0 Å². The number of hydrogen-bond acceptors (Lipinski definition) is 3. The van der Waals surface area contributed by atoms with Gasteiger partial charge in [-0.2, -0.15) is 0 Å². The molecule has 2 heterocycles. The van der Waals surface area contributed by atoms with E-state index >= 15 is 0 Å². The smallest absolute Gasteiger partial charge is 0.116 e. The highest BCUT2D eigenvalue weighted by Gasteiger charge is 1.99. The lowest BCUT2D eigenvalue weighted by Gasteiger charge is -2.01. The number of aromatic nitrogens is 3. The maximum atomic E-state index is 4.21. The molecule has 70 valence electrons. The first kappa shape index (κ1) is 8.81. The summed E-state index contributed by atoms with van der Waals surface area (Å²) in [7, 11) is 0. The van der Waals surface area contributed by atoms with Gasteiger partial charge in [0.25, 0.3) is 0 Å². The van der Waals surface area contributed by atoms with Crippen molar-refractivity contribution in [2.75, 3.05) is 0 Å². The maximum absolute atomic E-state index is 4.21. The topological polar surface area (TPSA) is 38.7 Å². The maximum Gasteiger partial charge on any atom is 0.116 e. The molecule has 3 heteroatoms. The zero-order chi connectivity index (χ0) is 9.97. The molecule has 0 saturated heterocycles. The van der Waals surface area contributed by atoms with Gasteiger partial charge in [-0.1, -0.05) is 0 Å². The van der Waals surface area contributed by atoms with Crippen LogP contribution in [0.15, 0.2) is 30.7 Å². The molecule has 2 aromatic rings. The number of nitrogens with zero attached hydrogens (tertiary/aromatic N) is 3. The standard InChI is InChI=1S/C11H11N3/c1-8-5-10(3-4-12-8)11-6-9(2)13-7-14-11/h3-7H,1-2H3. The molecular formula is C11H11N3. The van der Waals surface area contributed by atoms with Crippen LogP contribution in [0.25, 0.3) is 11.3 Å². The summed E-state index contributed by atoms with van der Waals surface area (Å²) in [6.45, 7) is 3.93. The van der Waals surface area contributed by atoms with Gasteiger partial charge in [0.15, 0.2) is 0 Å². The lowest BCUT2D eigenvalue weighted by molar-refractivity contribution is 1.10. The Morgan fingerprint density at radius 2 is 1.71 bits per heavy atom. The summed E-state index contributed by atoms with van der Waals surface area (Å²) in [5.41, 5.74) is 4.01. The Bertz CT molecular complexity index is 408. The van der Waals surface area contributed by atoms with E-state index in [9.17, 15) is 0 Å². The molecule has 2 rings (SSSR count). The van der Waals surface area contributed by atoms with Crippen molar-refractivity contribution in [2.45, 2.75) is 13.8 Å². The fourth-order valence-corrected chi connectivity index (χ4v) is 1.32. The molecule has 0 aliphatic rings. The summed E-state index contributed by atoms with van der Waals surface area (Å²) in [5, 5.41) is 0. The van der Waals surface area contributed by atoms with E-state index in [0.29, 0.717) is 0 Å². The summed E-state index contributed by atoms with van der Waals surface area (Å²) in [5.74, 6) is 0. The van der Waals surface area contributed by atoms with E-state index < -0.39 is 0 Å². The first-order valence-electron chi connectivity index (χ1n) is 4.47. The summed E-state index contributed by atoms with van der Waals surface area (Å²) in [6.07, 6.45) is 3.38. The molecule has 0 radical (unpaired) electrons. The minimum absolute atomic E-state index is 0.947. The van der Waals surface area contributed by atoms with Crippen LogP contribution in [0.1, 0.15) is 11.4 Å². The summed E-state index contributed by atoms with van der Waals surface area (Å²) in [4.78, 5) is 12.4. The monoisotopic (exact) mass is 185 g/mol. The predicted octanol–water partition coefficient (Wildman–Crippen LogP) is 2.16. The fourth-order valence-electron chi connectivity index (χ4n) is 1.32. The minimum Gasteiger partial charge on any atom is -0.262 e. The molecule has 0 bridgehead atoms. The summed E-state index contributed by atoms with van der Waals surface area (Å²) < 4.78 is 0. The van der Waals surface area contributed by atoms with E-state index in [0.717, 1.165) is 22.6 Å². The van der Waals surface area contributed by atoms with E-state index in [1.165, 1.54) is 0 Å². The highest BCUT2D eigenvalue weighted by Crippen LogP contribution is 2.16. The normalized spacial score (nSPS) is 10.1. The number of rotatable bonds is 1. The van der Waals surface area contributed by atoms with Crippen molar-refractivity contribution >= 4 is 0 Å². The molecule has 14 heavy (non-hydrogen) atoms. The van der Waals surface area contributed by atoms with Crippen LogP contribution in [0.4, 0.5) is 0 Å². The predicted molar refractivity (Wildman–Crippen MR) is 54.7 cm³/mol. The zero-order valence-corrected chi connectivity index (χ0v) is 8.23. The van der Waals surface area contributed by atoms with Crippen molar-refractivity contribution in [3.63, 3.8) is 0 Å². The summed E-state index contributed by atoms with van der Waals surface area (Å²) >= 11 is 0. The molecule has 0 aromatic carbocycles. The Morgan fingerprint density at radius 3 is 2.43 bits per heavy atom. The van der Waals surface area contributed by atoms with Gasteiger partial charge in [0.1, 0.15) is 6.33 Å². The van der Waals surface area contributed by atoms with Crippen LogP contribution in [0.3, 0.4) is 0 Å². The van der Waals surface area contributed by atoms with Crippen molar-refractivity contribution in [3.8, 4) is 11.3 Å². The first-order valence-corrected chi connectivity index (χ1v) is 4.47. The van der Waals surface area contributed by atoms with Gasteiger partial charge >= 0.3 is 0 Å². The Hall–Kier alpha value is -1.77. The van der Waals surface area contributed by atoms with Crippen molar-refractivity contribution in [3.05, 3.63) is 42.1 Å². The lowest BCUT2D eigenvalue weighted by atomic mass is 10.1. The van der Waals surface area contributed by atoms with Crippen molar-refractivity contribution < 1.29 is 0 Å². The van der Waals surface area contributed by atoms with E-state index in [4.69, 9.17) is 0 Å². The van der Waals surface area contributed by atoms with Gasteiger partial charge in [-0.25, -0.2) is 9.97 Å². The highest BCUT2D eigenvalue weighted by atomic mass is 14.8. The van der Waals surface area contributed by atoms with Crippen LogP contribution in [0, 0.1) is 13.8 Å². The van der Waals surface area contributed by atoms with Crippen molar-refractivity contribution in [2.24, 2.45) is 0 Å². The van der Waals surface area contributed by atoms with Crippen molar-refractivity contribution in [1.82, 2.24) is 15.0 Å². The molecule has 0 fully saturated rings. The largest absolute Gasteiger partial charge is 0.262 e. The SMILES string of the molecule is Cc1cc(-c2cc(C)ncn2)ccn1. The molecule has 3 nitrogen and oxygen atoms in total. The molecule has 0 aliphatic carbocycles. The second-order valence-electron chi connectivity index (χ2n) is 3.23. The third kappa shape index (κ3) is 1.76. The van der Waals surface area contributed by atoms with Crippen LogP contribution < -0.4 is 0 Å². The third-order valence-corrected chi connectivity index (χ3v) is 2.00. The molecular weight excluding hydrogens is 174 g/mol. The molecule has 0 atom stereocenters. The third-order valence-electron chi connectivity index (χ3n) is 2.00. The molecule has 0 amide bonds. The second kappa shape index (κ2) is 3.54. The Labute approximate surface area is 82.9 Å². The average molecular weight is 185 g/mol. The molecule has 0 unspecified atom stereocenters. The molecule has 0 saturated carbocycles. The van der Waals surface area contributed by atoms with Crippen molar-refractivity contribution in [1.29, 1.82) is 0 Å². The summed E-state index contributed by atoms with van der Waals surface area (Å²) in [6, 6.07) is 5.94. The highest BCUT2D eigenvalue weighted by molar-refractivity contribution is 5.58. The molecule has 2 aromatic heterocycles. The Balaban J connectivity index is 2.49. The minimum atomic E-state index is 0.947. The Kier molecular flexibility index (Phi) is 2.23. The van der Waals surface area contributed by atoms with Gasteiger partial charge in [0.2, 0.25) is 0 Å². The molecule has 0 aliphatic heterocycles. The number of hydrogen-bond donors (Lipinski definition) is 0. The van der Waals surface area contributed by atoms with E-state index in [-0.39, 0.29) is 0 Å². The van der Waals surface area contributed by atoms with Gasteiger partial charge in [-0.3, -0.25) is 4.98 Å². The second-order valence-corrected chi connectivity index (χ2v) is 3.23. The molecule has 0 spiro atoms. The Morgan fingerprint density at radius 1 is 0.929 bits per heavy atom. The van der Waals surface area contributed by atoms with Crippen LogP contribution in [0.2, 0.25) is 0 Å². The molecule has 0 N–H and O–H groups in total.